The molecule has 0 heterocycles. The van der Waals surface area contributed by atoms with Crippen molar-refractivity contribution in [1.82, 2.24) is 0 Å². The van der Waals surface area contributed by atoms with Gasteiger partial charge in [-0.2, -0.15) is 0 Å². The molecule has 130 valence electrons. The van der Waals surface area contributed by atoms with Crippen LogP contribution in [0.5, 0.6) is 11.5 Å². The van der Waals surface area contributed by atoms with Crippen LogP contribution < -0.4 is 9.47 Å². The number of rotatable bonds is 5. The van der Waals surface area contributed by atoms with Gasteiger partial charge in [-0.1, -0.05) is 59.6 Å². The van der Waals surface area contributed by atoms with Crippen LogP contribution in [0.2, 0.25) is 10.0 Å². The van der Waals surface area contributed by atoms with Gasteiger partial charge in [0.1, 0.15) is 11.5 Å². The molecule has 0 amide bonds. The maximum Gasteiger partial charge on any atom is 0.222 e. The van der Waals surface area contributed by atoms with Crippen molar-refractivity contribution in [2.24, 2.45) is 4.99 Å². The zero-order valence-corrected chi connectivity index (χ0v) is 15.2. The Morgan fingerprint density at radius 1 is 0.769 bits per heavy atom. The summed E-state index contributed by atoms with van der Waals surface area (Å²) in [5.41, 5.74) is 0.620. The third-order valence-electron chi connectivity index (χ3n) is 3.27. The summed E-state index contributed by atoms with van der Waals surface area (Å²) in [6.07, 6.45) is 3.16. The minimum absolute atomic E-state index is 0.352. The lowest BCUT2D eigenvalue weighted by Gasteiger charge is -2.06. The van der Waals surface area contributed by atoms with Crippen LogP contribution in [0.3, 0.4) is 0 Å². The molecule has 0 aliphatic rings. The normalized spacial score (nSPS) is 11.5. The van der Waals surface area contributed by atoms with Gasteiger partial charge in [0.2, 0.25) is 5.90 Å². The van der Waals surface area contributed by atoms with Crippen LogP contribution in [0.1, 0.15) is 0 Å². The van der Waals surface area contributed by atoms with Gasteiger partial charge in [0.25, 0.3) is 0 Å². The number of hydrogen-bond donors (Lipinski definition) is 0. The van der Waals surface area contributed by atoms with E-state index < -0.39 is 0 Å². The Morgan fingerprint density at radius 2 is 1.42 bits per heavy atom. The van der Waals surface area contributed by atoms with Gasteiger partial charge in [0.05, 0.1) is 22.0 Å². The third-order valence-corrected chi connectivity index (χ3v) is 4.01. The zero-order chi connectivity index (χ0) is 18.2. The van der Waals surface area contributed by atoms with Gasteiger partial charge in [-0.05, 0) is 42.5 Å². The first-order chi connectivity index (χ1) is 12.7. The van der Waals surface area contributed by atoms with Gasteiger partial charge < -0.3 is 9.47 Å². The Labute approximate surface area is 162 Å². The van der Waals surface area contributed by atoms with E-state index >= 15 is 0 Å². The second-order valence-corrected chi connectivity index (χ2v) is 6.01. The molecule has 5 heteroatoms. The molecule has 0 spiro atoms. The molecule has 0 aromatic heterocycles. The summed E-state index contributed by atoms with van der Waals surface area (Å²) in [6.45, 7) is 0. The topological polar surface area (TPSA) is 30.8 Å². The van der Waals surface area contributed by atoms with Gasteiger partial charge >= 0.3 is 0 Å². The first kappa shape index (κ1) is 18.1. The van der Waals surface area contributed by atoms with Crippen LogP contribution in [-0.4, -0.2) is 5.90 Å². The summed E-state index contributed by atoms with van der Waals surface area (Å²) in [5, 5.41) is 0.899. The number of ether oxygens (including phenoxy) is 2. The maximum absolute atomic E-state index is 6.06. The number of benzene rings is 3. The van der Waals surface area contributed by atoms with E-state index in [1.54, 1.807) is 24.3 Å². The zero-order valence-electron chi connectivity index (χ0n) is 13.7. The lowest BCUT2D eigenvalue weighted by atomic mass is 10.3. The molecule has 0 atom stereocenters. The van der Waals surface area contributed by atoms with E-state index in [-0.39, 0.29) is 0 Å². The van der Waals surface area contributed by atoms with Gasteiger partial charge in [0, 0.05) is 6.08 Å². The number of para-hydroxylation sites is 2. The number of nitrogens with zero attached hydrogens (tertiary/aromatic N) is 1. The Hall–Kier alpha value is -2.75. The predicted octanol–water partition coefficient (Wildman–Crippen LogP) is 6.70. The molecule has 0 saturated carbocycles. The highest BCUT2D eigenvalue weighted by Gasteiger charge is 2.03. The van der Waals surface area contributed by atoms with Crippen molar-refractivity contribution >= 4 is 34.8 Å². The Balaban J connectivity index is 1.83. The maximum atomic E-state index is 6.06. The fourth-order valence-electron chi connectivity index (χ4n) is 2.06. The smallest absolute Gasteiger partial charge is 0.222 e. The lowest BCUT2D eigenvalue weighted by molar-refractivity contribution is 0.479. The van der Waals surface area contributed by atoms with Crippen molar-refractivity contribution in [3.05, 3.63) is 101 Å². The Morgan fingerprint density at radius 3 is 2.08 bits per heavy atom. The molecule has 3 rings (SSSR count). The summed E-state index contributed by atoms with van der Waals surface area (Å²) in [6, 6.07) is 23.9. The molecule has 0 aliphatic heterocycles. The molecule has 0 radical (unpaired) electrons. The number of aliphatic imine (C=N–C) groups is 1. The largest absolute Gasteiger partial charge is 0.465 e. The SMILES string of the molecule is Clc1ccc(N=C(C=COc2ccccc2)Oc2ccccc2)cc1Cl. The standard InChI is InChI=1S/C21H15Cl2NO2/c22-19-12-11-16(15-20(19)23)24-21(26-18-9-5-2-6-10-18)13-14-25-17-7-3-1-4-8-17/h1-15H. The molecular formula is C21H15Cl2NO2. The molecule has 0 N–H and O–H groups in total. The van der Waals surface area contributed by atoms with E-state index in [0.29, 0.717) is 27.4 Å². The van der Waals surface area contributed by atoms with E-state index in [0.717, 1.165) is 5.75 Å². The monoisotopic (exact) mass is 383 g/mol. The highest BCUT2D eigenvalue weighted by molar-refractivity contribution is 6.42. The second kappa shape index (κ2) is 9.09. The van der Waals surface area contributed by atoms with Crippen molar-refractivity contribution in [3.8, 4) is 11.5 Å². The van der Waals surface area contributed by atoms with Gasteiger partial charge in [-0.3, -0.25) is 0 Å². The van der Waals surface area contributed by atoms with Gasteiger partial charge in [-0.25, -0.2) is 4.99 Å². The molecule has 3 nitrogen and oxygen atoms in total. The van der Waals surface area contributed by atoms with Crippen LogP contribution in [-0.2, 0) is 0 Å². The van der Waals surface area contributed by atoms with Crippen molar-refractivity contribution in [2.75, 3.05) is 0 Å². The molecule has 0 bridgehead atoms. The average molecular weight is 384 g/mol. The summed E-state index contributed by atoms with van der Waals surface area (Å²) in [7, 11) is 0. The van der Waals surface area contributed by atoms with Crippen LogP contribution in [0, 0.1) is 0 Å². The van der Waals surface area contributed by atoms with E-state index in [1.807, 2.05) is 60.7 Å². The third kappa shape index (κ3) is 5.38. The first-order valence-corrected chi connectivity index (χ1v) is 8.61. The fraction of sp³-hybridized carbons (Fsp3) is 0. The van der Waals surface area contributed by atoms with E-state index in [2.05, 4.69) is 4.99 Å². The average Bonchev–Trinajstić information content (AvgIpc) is 2.66. The lowest BCUT2D eigenvalue weighted by Crippen LogP contribution is -2.05. The molecular weight excluding hydrogens is 369 g/mol. The van der Waals surface area contributed by atoms with E-state index in [9.17, 15) is 0 Å². The minimum atomic E-state index is 0.352. The van der Waals surface area contributed by atoms with Gasteiger partial charge in [-0.15, -0.1) is 0 Å². The molecule has 0 saturated heterocycles. The van der Waals surface area contributed by atoms with Crippen LogP contribution in [0.15, 0.2) is 96.2 Å². The van der Waals surface area contributed by atoms with Crippen molar-refractivity contribution in [1.29, 1.82) is 0 Å². The predicted molar refractivity (Wildman–Crippen MR) is 107 cm³/mol. The quantitative estimate of drug-likeness (QED) is 0.279. The Kier molecular flexibility index (Phi) is 6.31. The van der Waals surface area contributed by atoms with Crippen molar-refractivity contribution < 1.29 is 9.47 Å². The first-order valence-electron chi connectivity index (χ1n) is 7.85. The summed E-state index contributed by atoms with van der Waals surface area (Å²) >= 11 is 12.0. The van der Waals surface area contributed by atoms with E-state index in [4.69, 9.17) is 32.7 Å². The molecule has 3 aromatic carbocycles. The summed E-state index contributed by atoms with van der Waals surface area (Å²) in [5.74, 6) is 1.73. The summed E-state index contributed by atoms with van der Waals surface area (Å²) in [4.78, 5) is 4.47. The molecule has 0 aliphatic carbocycles. The Bertz CT molecular complexity index is 910. The second-order valence-electron chi connectivity index (χ2n) is 5.20. The van der Waals surface area contributed by atoms with Crippen LogP contribution in [0.4, 0.5) is 5.69 Å². The van der Waals surface area contributed by atoms with Crippen molar-refractivity contribution in [2.45, 2.75) is 0 Å². The molecule has 3 aromatic rings. The fourth-order valence-corrected chi connectivity index (χ4v) is 2.35. The highest BCUT2D eigenvalue weighted by atomic mass is 35.5. The summed E-state index contributed by atoms with van der Waals surface area (Å²) < 4.78 is 11.4. The van der Waals surface area contributed by atoms with Crippen molar-refractivity contribution in [3.63, 3.8) is 0 Å². The highest BCUT2D eigenvalue weighted by Crippen LogP contribution is 2.27. The molecule has 0 fully saturated rings. The molecule has 26 heavy (non-hydrogen) atoms. The number of halogens is 2. The van der Waals surface area contributed by atoms with Gasteiger partial charge in [0.15, 0.2) is 0 Å². The van der Waals surface area contributed by atoms with E-state index in [1.165, 1.54) is 6.26 Å². The number of hydrogen-bond acceptors (Lipinski definition) is 3. The van der Waals surface area contributed by atoms with Crippen LogP contribution in [0.25, 0.3) is 0 Å². The molecule has 0 unspecified atom stereocenters. The van der Waals surface area contributed by atoms with Crippen LogP contribution >= 0.6 is 23.2 Å². The minimum Gasteiger partial charge on any atom is -0.465 e.